The van der Waals surface area contributed by atoms with Crippen LogP contribution in [0.5, 0.6) is 5.75 Å². The number of nitro benzene ring substituents is 1. The Morgan fingerprint density at radius 2 is 2.23 bits per heavy atom. The smallest absolute Gasteiger partial charge is 0.311 e. The lowest BCUT2D eigenvalue weighted by atomic mass is 9.94. The number of nitrogens with zero attached hydrogens (tertiary/aromatic N) is 4. The maximum Gasteiger partial charge on any atom is 0.311 e. The maximum absolute atomic E-state index is 11.3. The van der Waals surface area contributed by atoms with Gasteiger partial charge in [0.15, 0.2) is 10.9 Å². The van der Waals surface area contributed by atoms with Crippen LogP contribution in [0.4, 0.5) is 5.69 Å². The number of aliphatic imine (C=N–C) groups is 1. The molecule has 1 N–H and O–H groups in total. The summed E-state index contributed by atoms with van der Waals surface area (Å²) in [6.07, 6.45) is 2.71. The van der Waals surface area contributed by atoms with Crippen molar-refractivity contribution in [2.24, 2.45) is 4.99 Å². The molecule has 1 fully saturated rings. The average Bonchev–Trinajstić information content (AvgIpc) is 3.21. The summed E-state index contributed by atoms with van der Waals surface area (Å²) in [6.45, 7) is 2.14. The average molecular weight is 370 g/mol. The Morgan fingerprint density at radius 3 is 2.92 bits per heavy atom. The van der Waals surface area contributed by atoms with Crippen molar-refractivity contribution in [1.29, 1.82) is 0 Å². The van der Waals surface area contributed by atoms with Crippen LogP contribution >= 0.6 is 11.8 Å². The largest absolute Gasteiger partial charge is 0.502 e. The van der Waals surface area contributed by atoms with Crippen molar-refractivity contribution in [3.8, 4) is 5.75 Å². The Bertz CT molecular complexity index is 874. The van der Waals surface area contributed by atoms with Gasteiger partial charge in [0, 0.05) is 24.1 Å². The first-order chi connectivity index (χ1) is 12.6. The van der Waals surface area contributed by atoms with Gasteiger partial charge < -0.3 is 10.0 Å². The Kier molecular flexibility index (Phi) is 4.28. The molecule has 4 rings (SSSR count). The Balaban J connectivity index is 1.82. The van der Waals surface area contributed by atoms with E-state index >= 15 is 0 Å². The van der Waals surface area contributed by atoms with Crippen LogP contribution in [0.25, 0.3) is 0 Å². The monoisotopic (exact) mass is 370 g/mol. The Morgan fingerprint density at radius 1 is 1.38 bits per heavy atom. The molecule has 0 unspecified atom stereocenters. The first-order valence-corrected chi connectivity index (χ1v) is 9.46. The molecule has 3 heterocycles. The predicted octanol–water partition coefficient (Wildman–Crippen LogP) is 3.67. The van der Waals surface area contributed by atoms with Gasteiger partial charge in [-0.3, -0.25) is 20.1 Å². The zero-order chi connectivity index (χ0) is 18.3. The molecule has 3 atom stereocenters. The number of fused-ring (bicyclic) bond motifs is 1. The van der Waals surface area contributed by atoms with Crippen molar-refractivity contribution in [3.63, 3.8) is 0 Å². The molecule has 1 saturated heterocycles. The van der Waals surface area contributed by atoms with Crippen molar-refractivity contribution < 1.29 is 10.0 Å². The highest BCUT2D eigenvalue weighted by Crippen LogP contribution is 2.49. The van der Waals surface area contributed by atoms with Gasteiger partial charge in [0.25, 0.3) is 0 Å². The van der Waals surface area contributed by atoms with Crippen molar-refractivity contribution in [1.82, 2.24) is 9.88 Å². The van der Waals surface area contributed by atoms with Crippen LogP contribution in [0.15, 0.2) is 47.6 Å². The number of phenolic OH excluding ortho intramolecular Hbond substituents is 1. The molecule has 134 valence electrons. The molecule has 2 aromatic rings. The van der Waals surface area contributed by atoms with E-state index in [0.717, 1.165) is 28.6 Å². The minimum Gasteiger partial charge on any atom is -0.502 e. The van der Waals surface area contributed by atoms with Crippen LogP contribution in [0.3, 0.4) is 0 Å². The van der Waals surface area contributed by atoms with Crippen molar-refractivity contribution in [2.45, 2.75) is 31.5 Å². The summed E-state index contributed by atoms with van der Waals surface area (Å²) in [5.74, 6) is 0.635. The molecule has 0 amide bonds. The summed E-state index contributed by atoms with van der Waals surface area (Å²) in [7, 11) is 0. The van der Waals surface area contributed by atoms with Crippen LogP contribution in [-0.2, 0) is 0 Å². The van der Waals surface area contributed by atoms with Gasteiger partial charge in [0.1, 0.15) is 6.04 Å². The SMILES string of the molecule is CC[C@@H]1CSC2=N[C@@H](c3ccccn3)[C@@H](c3ccc(O)c([N+](=O)[O-])c3)N21. The van der Waals surface area contributed by atoms with E-state index in [0.29, 0.717) is 6.04 Å². The molecule has 1 aromatic heterocycles. The molecular formula is C18H18N4O3S. The van der Waals surface area contributed by atoms with E-state index in [1.165, 1.54) is 12.1 Å². The first kappa shape index (κ1) is 16.8. The lowest BCUT2D eigenvalue weighted by Crippen LogP contribution is -2.35. The van der Waals surface area contributed by atoms with Crippen LogP contribution < -0.4 is 0 Å². The Labute approximate surface area is 154 Å². The van der Waals surface area contributed by atoms with Gasteiger partial charge in [-0.15, -0.1) is 0 Å². The summed E-state index contributed by atoms with van der Waals surface area (Å²) in [5.41, 5.74) is 1.33. The number of hydrogen-bond donors (Lipinski definition) is 1. The van der Waals surface area contributed by atoms with E-state index in [2.05, 4.69) is 16.8 Å². The quantitative estimate of drug-likeness (QED) is 0.652. The molecule has 0 spiro atoms. The third kappa shape index (κ3) is 2.70. The highest BCUT2D eigenvalue weighted by molar-refractivity contribution is 8.14. The number of phenols is 1. The number of thioether (sulfide) groups is 1. The summed E-state index contributed by atoms with van der Waals surface area (Å²) in [6, 6.07) is 10.3. The van der Waals surface area contributed by atoms with Gasteiger partial charge in [-0.2, -0.15) is 0 Å². The fourth-order valence-electron chi connectivity index (χ4n) is 3.58. The number of aromatic hydroxyl groups is 1. The van der Waals surface area contributed by atoms with E-state index in [4.69, 9.17) is 4.99 Å². The molecule has 26 heavy (non-hydrogen) atoms. The number of benzene rings is 1. The third-order valence-electron chi connectivity index (χ3n) is 4.87. The van der Waals surface area contributed by atoms with Crippen LogP contribution in [0.2, 0.25) is 0 Å². The number of nitro groups is 1. The second-order valence-corrected chi connectivity index (χ2v) is 7.33. The van der Waals surface area contributed by atoms with Gasteiger partial charge in [0.2, 0.25) is 0 Å². The molecule has 7 nitrogen and oxygen atoms in total. The van der Waals surface area contributed by atoms with Gasteiger partial charge >= 0.3 is 5.69 Å². The lowest BCUT2D eigenvalue weighted by molar-refractivity contribution is -0.386. The van der Waals surface area contributed by atoms with E-state index in [-0.39, 0.29) is 23.5 Å². The van der Waals surface area contributed by atoms with E-state index in [9.17, 15) is 15.2 Å². The maximum atomic E-state index is 11.3. The number of pyridine rings is 1. The highest BCUT2D eigenvalue weighted by atomic mass is 32.2. The van der Waals surface area contributed by atoms with Crippen LogP contribution in [-0.4, -0.2) is 36.9 Å². The molecule has 0 radical (unpaired) electrons. The second kappa shape index (κ2) is 6.60. The predicted molar refractivity (Wildman–Crippen MR) is 100 cm³/mol. The zero-order valence-corrected chi connectivity index (χ0v) is 15.0. The molecule has 8 heteroatoms. The molecule has 2 aliphatic rings. The standard InChI is InChI=1S/C18H18N4O3S/c1-2-12-10-26-18-20-16(13-5-3-4-8-19-13)17(21(12)18)11-6-7-15(23)14(9-11)22(24)25/h3-9,12,16-17,23H,2,10H2,1H3/t12-,16+,17-/m1/s1. The summed E-state index contributed by atoms with van der Waals surface area (Å²) in [4.78, 5) is 22.3. The van der Waals surface area contributed by atoms with Crippen molar-refractivity contribution >= 4 is 22.6 Å². The molecule has 2 aliphatic heterocycles. The topological polar surface area (TPSA) is 91.9 Å². The number of amidine groups is 1. The minimum atomic E-state index is -0.554. The van der Waals surface area contributed by atoms with Gasteiger partial charge in [-0.05, 0) is 30.2 Å². The van der Waals surface area contributed by atoms with Crippen LogP contribution in [0, 0.1) is 10.1 Å². The fourth-order valence-corrected chi connectivity index (χ4v) is 4.92. The van der Waals surface area contributed by atoms with Gasteiger partial charge in [-0.1, -0.05) is 30.8 Å². The summed E-state index contributed by atoms with van der Waals surface area (Å²) < 4.78 is 0. The third-order valence-corrected chi connectivity index (χ3v) is 5.99. The molecule has 0 aliphatic carbocycles. The van der Waals surface area contributed by atoms with E-state index in [1.807, 2.05) is 18.2 Å². The summed E-state index contributed by atoms with van der Waals surface area (Å²) in [5, 5.41) is 22.1. The van der Waals surface area contributed by atoms with Gasteiger partial charge in [-0.25, -0.2) is 0 Å². The van der Waals surface area contributed by atoms with Crippen LogP contribution in [0.1, 0.15) is 36.7 Å². The normalized spacial score (nSPS) is 24.4. The Hall–Kier alpha value is -2.61. The number of aromatic nitrogens is 1. The molecular weight excluding hydrogens is 352 g/mol. The minimum absolute atomic E-state index is 0.167. The second-order valence-electron chi connectivity index (χ2n) is 6.34. The van der Waals surface area contributed by atoms with E-state index in [1.54, 1.807) is 24.0 Å². The van der Waals surface area contributed by atoms with Gasteiger partial charge in [0.05, 0.1) is 16.7 Å². The first-order valence-electron chi connectivity index (χ1n) is 8.47. The fraction of sp³-hybridized carbons (Fsp3) is 0.333. The lowest BCUT2D eigenvalue weighted by Gasteiger charge is -2.31. The number of rotatable bonds is 4. The van der Waals surface area contributed by atoms with Crippen molar-refractivity contribution in [3.05, 3.63) is 64.0 Å². The number of hydrogen-bond acceptors (Lipinski definition) is 7. The molecule has 0 saturated carbocycles. The summed E-state index contributed by atoms with van der Waals surface area (Å²) >= 11 is 1.72. The highest BCUT2D eigenvalue weighted by Gasteiger charge is 2.45. The molecule has 0 bridgehead atoms. The molecule has 1 aromatic carbocycles. The van der Waals surface area contributed by atoms with E-state index < -0.39 is 4.92 Å². The zero-order valence-electron chi connectivity index (χ0n) is 14.1. The van der Waals surface area contributed by atoms with Crippen molar-refractivity contribution in [2.75, 3.05) is 5.75 Å².